The van der Waals surface area contributed by atoms with E-state index in [0.717, 1.165) is 12.1 Å². The normalized spacial score (nSPS) is 10.4. The minimum absolute atomic E-state index is 0.0276. The van der Waals surface area contributed by atoms with Gasteiger partial charge in [-0.15, -0.1) is 5.10 Å². The molecule has 0 saturated heterocycles. The number of hydrogen-bond donors (Lipinski definition) is 0. The Labute approximate surface area is 101 Å². The van der Waals surface area contributed by atoms with Crippen molar-refractivity contribution in [1.82, 2.24) is 15.0 Å². The Balaban J connectivity index is 2.23. The van der Waals surface area contributed by atoms with Gasteiger partial charge in [0.15, 0.2) is 11.6 Å². The lowest BCUT2D eigenvalue weighted by molar-refractivity contribution is -0.139. The van der Waals surface area contributed by atoms with Gasteiger partial charge in [0.1, 0.15) is 0 Å². The van der Waals surface area contributed by atoms with E-state index >= 15 is 0 Å². The molecule has 0 N–H and O–H groups in total. The van der Waals surface area contributed by atoms with E-state index in [2.05, 4.69) is 15.0 Å². The Morgan fingerprint density at radius 2 is 2.17 bits per heavy atom. The van der Waals surface area contributed by atoms with Crippen molar-refractivity contribution in [1.29, 1.82) is 0 Å². The van der Waals surface area contributed by atoms with Crippen LogP contribution in [0.5, 0.6) is 0 Å². The molecular weight excluding hydrogens is 244 g/mol. The number of aromatic nitrogens is 3. The molecule has 0 spiro atoms. The molecule has 18 heavy (non-hydrogen) atoms. The highest BCUT2D eigenvalue weighted by Crippen LogP contribution is 2.12. The highest BCUT2D eigenvalue weighted by molar-refractivity contribution is 5.71. The lowest BCUT2D eigenvalue weighted by Gasteiger charge is -2.00. The highest BCUT2D eigenvalue weighted by Gasteiger charge is 2.09. The van der Waals surface area contributed by atoms with Crippen molar-refractivity contribution in [2.24, 2.45) is 0 Å². The number of methoxy groups -OCH3 is 1. The van der Waals surface area contributed by atoms with Crippen molar-refractivity contribution in [3.8, 4) is 5.69 Å². The van der Waals surface area contributed by atoms with Crippen molar-refractivity contribution in [2.45, 2.75) is 6.42 Å². The molecule has 0 bridgehead atoms. The van der Waals surface area contributed by atoms with E-state index in [1.165, 1.54) is 24.1 Å². The van der Waals surface area contributed by atoms with Crippen LogP contribution in [-0.2, 0) is 16.0 Å². The zero-order chi connectivity index (χ0) is 13.1. The SMILES string of the molecule is COC(=O)Cc1cn(-c2ccc(F)c(F)c2)nn1. The lowest BCUT2D eigenvalue weighted by atomic mass is 10.3. The summed E-state index contributed by atoms with van der Waals surface area (Å²) in [6.45, 7) is 0. The number of benzene rings is 1. The van der Waals surface area contributed by atoms with Crippen molar-refractivity contribution < 1.29 is 18.3 Å². The van der Waals surface area contributed by atoms with Gasteiger partial charge in [0.05, 0.1) is 31.1 Å². The van der Waals surface area contributed by atoms with Crippen LogP contribution in [0.25, 0.3) is 5.69 Å². The number of nitrogens with zero attached hydrogens (tertiary/aromatic N) is 3. The molecule has 1 aromatic heterocycles. The molecule has 0 atom stereocenters. The molecule has 0 amide bonds. The Morgan fingerprint density at radius 3 is 2.83 bits per heavy atom. The molecule has 0 aliphatic heterocycles. The Morgan fingerprint density at radius 1 is 1.39 bits per heavy atom. The zero-order valence-electron chi connectivity index (χ0n) is 9.43. The van der Waals surface area contributed by atoms with E-state index < -0.39 is 17.6 Å². The molecule has 1 heterocycles. The summed E-state index contributed by atoms with van der Waals surface area (Å²) in [5, 5.41) is 7.44. The predicted octanol–water partition coefficient (Wildman–Crippen LogP) is 1.26. The Bertz CT molecular complexity index is 583. The lowest BCUT2D eigenvalue weighted by Crippen LogP contribution is -2.04. The number of carbonyl (C=O) groups is 1. The first-order valence-electron chi connectivity index (χ1n) is 5.03. The Hall–Kier alpha value is -2.31. The van der Waals surface area contributed by atoms with Gasteiger partial charge < -0.3 is 4.74 Å². The van der Waals surface area contributed by atoms with Gasteiger partial charge in [-0.05, 0) is 12.1 Å². The fraction of sp³-hybridized carbons (Fsp3) is 0.182. The van der Waals surface area contributed by atoms with Gasteiger partial charge in [-0.3, -0.25) is 4.79 Å². The topological polar surface area (TPSA) is 57.0 Å². The van der Waals surface area contributed by atoms with Crippen molar-refractivity contribution in [3.63, 3.8) is 0 Å². The fourth-order valence-electron chi connectivity index (χ4n) is 1.35. The maximum absolute atomic E-state index is 13.0. The van der Waals surface area contributed by atoms with Crippen LogP contribution in [0.4, 0.5) is 8.78 Å². The Kier molecular flexibility index (Phi) is 3.31. The first kappa shape index (κ1) is 12.2. The van der Waals surface area contributed by atoms with Crippen molar-refractivity contribution in [2.75, 3.05) is 7.11 Å². The first-order valence-corrected chi connectivity index (χ1v) is 5.03. The van der Waals surface area contributed by atoms with E-state index in [0.29, 0.717) is 11.4 Å². The molecule has 2 aromatic rings. The van der Waals surface area contributed by atoms with Crippen molar-refractivity contribution in [3.05, 3.63) is 41.7 Å². The van der Waals surface area contributed by atoms with Crippen LogP contribution in [0.2, 0.25) is 0 Å². The van der Waals surface area contributed by atoms with Crippen LogP contribution < -0.4 is 0 Å². The minimum Gasteiger partial charge on any atom is -0.469 e. The highest BCUT2D eigenvalue weighted by atomic mass is 19.2. The van der Waals surface area contributed by atoms with Gasteiger partial charge in [0.2, 0.25) is 0 Å². The van der Waals surface area contributed by atoms with Crippen LogP contribution in [0.1, 0.15) is 5.69 Å². The van der Waals surface area contributed by atoms with Crippen LogP contribution in [0, 0.1) is 11.6 Å². The molecule has 0 aliphatic rings. The monoisotopic (exact) mass is 253 g/mol. The molecule has 0 saturated carbocycles. The largest absolute Gasteiger partial charge is 0.469 e. The number of carbonyl (C=O) groups excluding carboxylic acids is 1. The molecule has 0 unspecified atom stereocenters. The smallest absolute Gasteiger partial charge is 0.311 e. The quantitative estimate of drug-likeness (QED) is 0.773. The van der Waals surface area contributed by atoms with Gasteiger partial charge in [-0.25, -0.2) is 13.5 Å². The third kappa shape index (κ3) is 2.50. The van der Waals surface area contributed by atoms with Crippen molar-refractivity contribution >= 4 is 5.97 Å². The second kappa shape index (κ2) is 4.91. The third-order valence-electron chi connectivity index (χ3n) is 2.26. The van der Waals surface area contributed by atoms with Crippen LogP contribution >= 0.6 is 0 Å². The molecule has 2 rings (SSSR count). The van der Waals surface area contributed by atoms with Gasteiger partial charge in [0, 0.05) is 6.07 Å². The van der Waals surface area contributed by atoms with E-state index in [9.17, 15) is 13.6 Å². The number of halogens is 2. The minimum atomic E-state index is -0.975. The number of rotatable bonds is 3. The first-order chi connectivity index (χ1) is 8.60. The molecule has 0 fully saturated rings. The zero-order valence-corrected chi connectivity index (χ0v) is 9.43. The standard InChI is InChI=1S/C11H9F2N3O2/c1-18-11(17)4-7-6-16(15-14-7)8-2-3-9(12)10(13)5-8/h2-3,5-6H,4H2,1H3. The summed E-state index contributed by atoms with van der Waals surface area (Å²) < 4.78 is 31.5. The van der Waals surface area contributed by atoms with E-state index in [1.807, 2.05) is 0 Å². The average molecular weight is 253 g/mol. The van der Waals surface area contributed by atoms with E-state index in [4.69, 9.17) is 0 Å². The van der Waals surface area contributed by atoms with Gasteiger partial charge >= 0.3 is 5.97 Å². The summed E-state index contributed by atoms with van der Waals surface area (Å²) >= 11 is 0. The molecule has 94 valence electrons. The van der Waals surface area contributed by atoms with Crippen LogP contribution in [0.15, 0.2) is 24.4 Å². The third-order valence-corrected chi connectivity index (χ3v) is 2.26. The average Bonchev–Trinajstić information content (AvgIpc) is 2.81. The maximum atomic E-state index is 13.0. The number of esters is 1. The summed E-state index contributed by atoms with van der Waals surface area (Å²) in [5.74, 6) is -2.36. The van der Waals surface area contributed by atoms with Crippen LogP contribution in [-0.4, -0.2) is 28.1 Å². The van der Waals surface area contributed by atoms with Gasteiger partial charge in [-0.1, -0.05) is 5.21 Å². The summed E-state index contributed by atoms with van der Waals surface area (Å²) in [7, 11) is 1.27. The van der Waals surface area contributed by atoms with Gasteiger partial charge in [0.25, 0.3) is 0 Å². The van der Waals surface area contributed by atoms with E-state index in [-0.39, 0.29) is 6.42 Å². The molecular formula is C11H9F2N3O2. The molecule has 5 nitrogen and oxygen atoms in total. The number of ether oxygens (including phenoxy) is 1. The number of hydrogen-bond acceptors (Lipinski definition) is 4. The van der Waals surface area contributed by atoms with Gasteiger partial charge in [-0.2, -0.15) is 0 Å². The summed E-state index contributed by atoms with van der Waals surface area (Å²) in [6.07, 6.45) is 1.42. The second-order valence-corrected chi connectivity index (χ2v) is 3.51. The molecule has 1 aromatic carbocycles. The van der Waals surface area contributed by atoms with Crippen LogP contribution in [0.3, 0.4) is 0 Å². The predicted molar refractivity (Wildman–Crippen MR) is 57.0 cm³/mol. The maximum Gasteiger partial charge on any atom is 0.311 e. The fourth-order valence-corrected chi connectivity index (χ4v) is 1.35. The second-order valence-electron chi connectivity index (χ2n) is 3.51. The summed E-state index contributed by atoms with van der Waals surface area (Å²) in [6, 6.07) is 3.34. The summed E-state index contributed by atoms with van der Waals surface area (Å²) in [5.41, 5.74) is 0.698. The summed E-state index contributed by atoms with van der Waals surface area (Å²) in [4.78, 5) is 11.0. The molecule has 7 heteroatoms. The molecule has 0 radical (unpaired) electrons. The molecule has 0 aliphatic carbocycles. The van der Waals surface area contributed by atoms with E-state index in [1.54, 1.807) is 0 Å².